The predicted octanol–water partition coefficient (Wildman–Crippen LogP) is 23.1. The number of morpholine rings is 3. The van der Waals surface area contributed by atoms with Crippen molar-refractivity contribution in [1.82, 2.24) is 15.0 Å². The molecule has 626 valence electrons. The second-order valence-electron chi connectivity index (χ2n) is 30.2. The van der Waals surface area contributed by atoms with E-state index in [1.165, 1.54) is 37.8 Å². The summed E-state index contributed by atoms with van der Waals surface area (Å²) in [5.41, 5.74) is 21.4. The highest BCUT2D eigenvalue weighted by molar-refractivity contribution is 14.1. The molecular weight excluding hydrogens is 1770 g/mol. The van der Waals surface area contributed by atoms with Crippen LogP contribution in [0.25, 0.3) is 33.8 Å². The fourth-order valence-electron chi connectivity index (χ4n) is 14.4. The zero-order valence-corrected chi connectivity index (χ0v) is 75.3. The molecule has 6 aliphatic heterocycles. The van der Waals surface area contributed by atoms with Crippen molar-refractivity contribution in [2.24, 2.45) is 0 Å². The third-order valence-electron chi connectivity index (χ3n) is 20.6. The maximum absolute atomic E-state index is 12.6. The standard InChI is InChI=1S/C40H40N4O5S2.C29H25IN2O3S2.C27H24N4O2S2/c1-40(2,3)49-39(45)43-32-10-6-5-9-31(32)41-27-14-17-34-36(22-27)50-35-11-7-8-30(38(35)51-34)33-23-28(44-18-20-47-21-19-44)24-37(42-33)48-25-26-12-15-29(46-4)16-13-26;1-33-22-8-5-19(6-9-22)18-35-28-17-21(32-11-13-34-14-12-32)16-24(31-28)23-3-2-4-26-29(23)37-25-10-7-20(30)15-27(25)36-26;28-20-5-1-2-6-21(20)29-17-8-9-23-25(14-17)34-24-7-3-4-19(27(24)35-23)22-15-18(16-26(32)30-22)31-10-12-33-13-11-31/h5-17,22-24,41H,18-21,25H2,1-4H3,(H,43,45);2-10,15-17H,11-14,18H2,1H3;1-9,14-16,29H,10-13,28H2,(H,30,32). The number of H-pyrrole nitrogens is 1. The fraction of sp³-hybridized carbons (Fsp3) is 0.208. The van der Waals surface area contributed by atoms with E-state index in [4.69, 9.17) is 53.6 Å². The Kier molecular flexibility index (Phi) is 26.9. The van der Waals surface area contributed by atoms with Crippen molar-refractivity contribution < 1.29 is 42.7 Å². The molecule has 3 aromatic heterocycles. The summed E-state index contributed by atoms with van der Waals surface area (Å²) in [7, 11) is 3.34. The van der Waals surface area contributed by atoms with E-state index < -0.39 is 11.7 Å². The largest absolute Gasteiger partial charge is 0.497 e. The van der Waals surface area contributed by atoms with Crippen LogP contribution in [0.15, 0.2) is 306 Å². The number of fused-ring (bicyclic) bond motifs is 6. The van der Waals surface area contributed by atoms with Crippen LogP contribution in [0, 0.1) is 3.57 Å². The molecule has 13 aromatic rings. The molecule has 0 spiro atoms. The molecule has 3 saturated heterocycles. The van der Waals surface area contributed by atoms with Gasteiger partial charge in [-0.1, -0.05) is 156 Å². The number of nitrogens with zero attached hydrogens (tertiary/aromatic N) is 5. The second kappa shape index (κ2) is 39.1. The van der Waals surface area contributed by atoms with Gasteiger partial charge in [-0.05, 0) is 194 Å². The van der Waals surface area contributed by atoms with Gasteiger partial charge in [0.1, 0.15) is 30.3 Å². The summed E-state index contributed by atoms with van der Waals surface area (Å²) in [5, 5.41) is 9.79. The Morgan fingerprint density at radius 3 is 1.34 bits per heavy atom. The Labute approximate surface area is 754 Å². The van der Waals surface area contributed by atoms with Gasteiger partial charge >= 0.3 is 6.09 Å². The maximum Gasteiger partial charge on any atom is 0.412 e. The average molecular weight is 1860 g/mol. The van der Waals surface area contributed by atoms with Crippen molar-refractivity contribution in [1.29, 1.82) is 0 Å². The smallest absolute Gasteiger partial charge is 0.412 e. The number of rotatable bonds is 19. The zero-order valence-electron chi connectivity index (χ0n) is 68.2. The molecule has 20 nitrogen and oxygen atoms in total. The molecule has 0 aliphatic carbocycles. The first kappa shape index (κ1) is 84.6. The van der Waals surface area contributed by atoms with Crippen molar-refractivity contribution in [3.8, 4) is 57.0 Å². The molecule has 6 aliphatic rings. The Balaban J connectivity index is 0.000000134. The van der Waals surface area contributed by atoms with Crippen molar-refractivity contribution in [2.45, 2.75) is 98.3 Å². The number of hydrogen-bond donors (Lipinski definition) is 5. The van der Waals surface area contributed by atoms with E-state index in [0.717, 1.165) is 179 Å². The molecule has 1 amide bonds. The van der Waals surface area contributed by atoms with E-state index in [0.29, 0.717) is 57.1 Å². The SMILES string of the molecule is COc1ccc(COc2cc(N3CCOCC3)cc(-c3cccc4c3Sc3ccc(I)cc3S4)n2)cc1.COc1ccc(COc2cc(N3CCOCC3)cc(-c3cccc4c3Sc3ccc(Nc5ccccc5NC(=O)OC(C)(C)C)cc3S4)n2)cc1.Nc1ccccc1Nc1ccc2c(c1)Sc1cccc(-c3cc(N4CCOCC4)cc(=O)[nH]3)c1S2. The summed E-state index contributed by atoms with van der Waals surface area (Å²) in [5.74, 6) is 2.84. The molecule has 19 rings (SSSR count). The van der Waals surface area contributed by atoms with E-state index in [1.807, 2.05) is 153 Å². The first-order valence-electron chi connectivity index (χ1n) is 40.3. The van der Waals surface area contributed by atoms with Crippen LogP contribution >= 0.6 is 93.2 Å². The number of anilines is 9. The molecule has 0 unspecified atom stereocenters. The number of ether oxygens (including phenoxy) is 8. The maximum atomic E-state index is 12.6. The van der Waals surface area contributed by atoms with E-state index in [-0.39, 0.29) is 5.56 Å². The molecule has 0 atom stereocenters. The van der Waals surface area contributed by atoms with Gasteiger partial charge < -0.3 is 73.9 Å². The normalized spacial score (nSPS) is 14.3. The summed E-state index contributed by atoms with van der Waals surface area (Å²) in [6, 6.07) is 81.9. The number of aromatic amines is 1. The first-order valence-corrected chi connectivity index (χ1v) is 46.3. The number of nitrogens with one attached hydrogen (secondary N) is 4. The van der Waals surface area contributed by atoms with Gasteiger partial charge in [0.2, 0.25) is 17.3 Å². The van der Waals surface area contributed by atoms with E-state index in [9.17, 15) is 9.59 Å². The van der Waals surface area contributed by atoms with E-state index in [1.54, 1.807) is 67.3 Å². The Morgan fingerprint density at radius 2 is 0.870 bits per heavy atom. The molecule has 0 saturated carbocycles. The highest BCUT2D eigenvalue weighted by Crippen LogP contribution is 2.56. The lowest BCUT2D eigenvalue weighted by atomic mass is 10.1. The van der Waals surface area contributed by atoms with Gasteiger partial charge in [0.25, 0.3) is 0 Å². The molecule has 3 fully saturated rings. The third kappa shape index (κ3) is 21.1. The topological polar surface area (TPSA) is 221 Å². The van der Waals surface area contributed by atoms with Gasteiger partial charge in [0.15, 0.2) is 0 Å². The van der Waals surface area contributed by atoms with Crippen LogP contribution in [-0.2, 0) is 32.2 Å². The minimum atomic E-state index is -0.592. The number of carbonyl (C=O) groups is 1. The summed E-state index contributed by atoms with van der Waals surface area (Å²) < 4.78 is 46.6. The second-order valence-corrected chi connectivity index (χ2v) is 37.9. The summed E-state index contributed by atoms with van der Waals surface area (Å²) in [6.45, 7) is 15.5. The number of nitrogens with two attached hydrogens (primary N) is 1. The molecular formula is C96H89IN10O10S6. The molecule has 123 heavy (non-hydrogen) atoms. The number of halogens is 1. The monoisotopic (exact) mass is 1860 g/mol. The van der Waals surface area contributed by atoms with Crippen molar-refractivity contribution in [3.63, 3.8) is 0 Å². The summed E-state index contributed by atoms with van der Waals surface area (Å²) in [4.78, 5) is 59.5. The van der Waals surface area contributed by atoms with Crippen LogP contribution in [0.3, 0.4) is 0 Å². The molecule has 9 heterocycles. The molecule has 6 N–H and O–H groups in total. The lowest BCUT2D eigenvalue weighted by Crippen LogP contribution is -2.36. The van der Waals surface area contributed by atoms with E-state index in [2.05, 4.69) is 186 Å². The number of pyridine rings is 3. The predicted molar refractivity (Wildman–Crippen MR) is 506 cm³/mol. The quantitative estimate of drug-likeness (QED) is 0.0375. The highest BCUT2D eigenvalue weighted by Gasteiger charge is 2.29. The number of methoxy groups -OCH3 is 2. The Morgan fingerprint density at radius 1 is 0.447 bits per heavy atom. The van der Waals surface area contributed by atoms with Crippen LogP contribution in [0.2, 0.25) is 0 Å². The van der Waals surface area contributed by atoms with Gasteiger partial charge in [-0.2, -0.15) is 0 Å². The summed E-state index contributed by atoms with van der Waals surface area (Å²) in [6.07, 6.45) is -0.498. The number of carbonyl (C=O) groups excluding carboxylic acids is 1. The van der Waals surface area contributed by atoms with Gasteiger partial charge in [-0.15, -0.1) is 0 Å². The number of para-hydroxylation sites is 4. The number of nitrogen functional groups attached to an aromatic ring is 1. The minimum absolute atomic E-state index is 0.0913. The van der Waals surface area contributed by atoms with Gasteiger partial charge in [0, 0.05) is 165 Å². The van der Waals surface area contributed by atoms with Crippen molar-refractivity contribution >= 4 is 150 Å². The lowest BCUT2D eigenvalue weighted by Gasteiger charge is -2.29. The minimum Gasteiger partial charge on any atom is -0.497 e. The Bertz CT molecular complexity index is 6070. The number of amides is 1. The van der Waals surface area contributed by atoms with Crippen LogP contribution < -0.4 is 60.9 Å². The molecule has 10 aromatic carbocycles. The van der Waals surface area contributed by atoms with Crippen LogP contribution in [0.5, 0.6) is 23.3 Å². The van der Waals surface area contributed by atoms with Crippen LogP contribution in [-0.4, -0.2) is 120 Å². The van der Waals surface area contributed by atoms with Crippen molar-refractivity contribution in [2.75, 3.05) is 130 Å². The molecule has 27 heteroatoms. The number of benzene rings is 10. The van der Waals surface area contributed by atoms with Gasteiger partial charge in [-0.25, -0.2) is 14.8 Å². The first-order chi connectivity index (χ1) is 60.0. The van der Waals surface area contributed by atoms with Gasteiger partial charge in [-0.3, -0.25) is 10.1 Å². The van der Waals surface area contributed by atoms with Gasteiger partial charge in [0.05, 0.1) is 93.7 Å². The Hall–Kier alpha value is -10.6. The van der Waals surface area contributed by atoms with E-state index >= 15 is 0 Å². The number of hydrogen-bond acceptors (Lipinski definition) is 24. The zero-order chi connectivity index (χ0) is 84.3. The fourth-order valence-corrected chi connectivity index (χ4v) is 22.4. The molecule has 0 radical (unpaired) electrons. The summed E-state index contributed by atoms with van der Waals surface area (Å²) >= 11 is 13.0. The third-order valence-corrected chi connectivity index (χ3v) is 29.0. The average Bonchev–Trinajstić information content (AvgIpc) is 0.773. The molecule has 0 bridgehead atoms. The van der Waals surface area contributed by atoms with Crippen LogP contribution in [0.1, 0.15) is 31.9 Å². The highest BCUT2D eigenvalue weighted by atomic mass is 127. The van der Waals surface area contributed by atoms with Crippen LogP contribution in [0.4, 0.5) is 56.0 Å². The van der Waals surface area contributed by atoms with Crippen molar-refractivity contribution in [3.05, 3.63) is 268 Å². The lowest BCUT2D eigenvalue weighted by molar-refractivity contribution is 0.0635. The number of aromatic nitrogens is 3.